The molecule has 0 spiro atoms. The van der Waals surface area contributed by atoms with Crippen LogP contribution in [0.25, 0.3) is 0 Å². The van der Waals surface area contributed by atoms with Gasteiger partial charge in [-0.15, -0.1) is 0 Å². The van der Waals surface area contributed by atoms with Crippen molar-refractivity contribution in [3.63, 3.8) is 0 Å². The van der Waals surface area contributed by atoms with Crippen LogP contribution < -0.4 is 4.74 Å². The molecule has 1 aromatic rings. The molecule has 0 saturated heterocycles. The summed E-state index contributed by atoms with van der Waals surface area (Å²) in [6.45, 7) is 4.52. The SMILES string of the molecule is CC(C)=CCOc1cc(N=C=S)ccc1Cl. The second-order valence-corrected chi connectivity index (χ2v) is 4.00. The number of allylic oxidation sites excluding steroid dienone is 1. The zero-order valence-corrected chi connectivity index (χ0v) is 10.7. The molecule has 0 aliphatic carbocycles. The maximum atomic E-state index is 5.98. The second-order valence-electron chi connectivity index (χ2n) is 3.41. The summed E-state index contributed by atoms with van der Waals surface area (Å²) in [6.07, 6.45) is 1.98. The minimum Gasteiger partial charge on any atom is -0.488 e. The minimum absolute atomic E-state index is 0.493. The Bertz CT molecular complexity index is 446. The summed E-state index contributed by atoms with van der Waals surface area (Å²) in [6, 6.07) is 5.22. The molecule has 2 nitrogen and oxygen atoms in total. The standard InChI is InChI=1S/C12H12ClNOS/c1-9(2)5-6-15-12-7-10(14-8-16)3-4-11(12)13/h3-5,7H,6H2,1-2H3. The monoisotopic (exact) mass is 253 g/mol. The van der Waals surface area contributed by atoms with Crippen molar-refractivity contribution in [2.24, 2.45) is 4.99 Å². The van der Waals surface area contributed by atoms with Gasteiger partial charge in [0, 0.05) is 6.07 Å². The molecule has 84 valence electrons. The van der Waals surface area contributed by atoms with E-state index in [-0.39, 0.29) is 0 Å². The Balaban J connectivity index is 2.81. The molecule has 0 amide bonds. The number of aliphatic imine (C=N–C) groups is 1. The van der Waals surface area contributed by atoms with Crippen LogP contribution in [0.2, 0.25) is 5.02 Å². The first-order chi connectivity index (χ1) is 7.63. The Morgan fingerprint density at radius 3 is 2.94 bits per heavy atom. The van der Waals surface area contributed by atoms with Gasteiger partial charge in [-0.2, -0.15) is 4.99 Å². The average molecular weight is 254 g/mol. The number of thiocarbonyl (C=S) groups is 1. The smallest absolute Gasteiger partial charge is 0.140 e. The van der Waals surface area contributed by atoms with E-state index in [1.165, 1.54) is 5.57 Å². The van der Waals surface area contributed by atoms with Crippen molar-refractivity contribution in [3.8, 4) is 5.75 Å². The van der Waals surface area contributed by atoms with E-state index >= 15 is 0 Å². The van der Waals surface area contributed by atoms with Crippen LogP contribution in [0.3, 0.4) is 0 Å². The van der Waals surface area contributed by atoms with E-state index in [0.717, 1.165) is 0 Å². The number of benzene rings is 1. The number of nitrogens with zero attached hydrogens (tertiary/aromatic N) is 1. The van der Waals surface area contributed by atoms with E-state index in [0.29, 0.717) is 23.1 Å². The fourth-order valence-corrected chi connectivity index (χ4v) is 1.30. The first kappa shape index (κ1) is 12.9. The van der Waals surface area contributed by atoms with Crippen molar-refractivity contribution in [1.82, 2.24) is 0 Å². The van der Waals surface area contributed by atoms with Gasteiger partial charge in [-0.25, -0.2) is 0 Å². The van der Waals surface area contributed by atoms with Crippen molar-refractivity contribution in [1.29, 1.82) is 0 Å². The molecule has 0 N–H and O–H groups in total. The lowest BCUT2D eigenvalue weighted by Crippen LogP contribution is -1.94. The van der Waals surface area contributed by atoms with E-state index in [1.54, 1.807) is 18.2 Å². The molecule has 0 aliphatic heterocycles. The molecule has 0 saturated carbocycles. The third-order valence-corrected chi connectivity index (χ3v) is 2.22. The van der Waals surface area contributed by atoms with Gasteiger partial charge in [0.15, 0.2) is 0 Å². The second kappa shape index (κ2) is 6.44. The van der Waals surface area contributed by atoms with E-state index < -0.39 is 0 Å². The predicted molar refractivity (Wildman–Crippen MR) is 71.1 cm³/mol. The van der Waals surface area contributed by atoms with Crippen molar-refractivity contribution in [2.75, 3.05) is 6.61 Å². The Hall–Kier alpha value is -1.15. The van der Waals surface area contributed by atoms with Gasteiger partial charge in [0.2, 0.25) is 0 Å². The van der Waals surface area contributed by atoms with Gasteiger partial charge in [0.05, 0.1) is 15.9 Å². The van der Waals surface area contributed by atoms with Crippen molar-refractivity contribution < 1.29 is 4.74 Å². The number of isothiocyanates is 1. The van der Waals surface area contributed by atoms with Crippen molar-refractivity contribution in [2.45, 2.75) is 13.8 Å². The molecule has 0 aromatic heterocycles. The third-order valence-electron chi connectivity index (χ3n) is 1.82. The lowest BCUT2D eigenvalue weighted by molar-refractivity contribution is 0.362. The number of hydrogen-bond donors (Lipinski definition) is 0. The molecule has 1 aromatic carbocycles. The summed E-state index contributed by atoms with van der Waals surface area (Å²) in [5.74, 6) is 0.602. The highest BCUT2D eigenvalue weighted by Gasteiger charge is 2.01. The van der Waals surface area contributed by atoms with E-state index in [1.807, 2.05) is 19.9 Å². The summed E-state index contributed by atoms with van der Waals surface area (Å²) < 4.78 is 5.50. The highest BCUT2D eigenvalue weighted by Crippen LogP contribution is 2.29. The number of ether oxygens (including phenoxy) is 1. The molecule has 16 heavy (non-hydrogen) atoms. The fourth-order valence-electron chi connectivity index (χ4n) is 1.02. The van der Waals surface area contributed by atoms with Crippen LogP contribution in [-0.4, -0.2) is 11.8 Å². The minimum atomic E-state index is 0.493. The third kappa shape index (κ3) is 4.15. The van der Waals surface area contributed by atoms with Crippen LogP contribution in [0.1, 0.15) is 13.8 Å². The Morgan fingerprint density at radius 2 is 2.31 bits per heavy atom. The van der Waals surface area contributed by atoms with Gasteiger partial charge < -0.3 is 4.74 Å². The van der Waals surface area contributed by atoms with Crippen LogP contribution in [0.5, 0.6) is 5.75 Å². The highest BCUT2D eigenvalue weighted by atomic mass is 35.5. The molecule has 0 aliphatic rings. The quantitative estimate of drug-likeness (QED) is 0.450. The lowest BCUT2D eigenvalue weighted by Gasteiger charge is -2.06. The summed E-state index contributed by atoms with van der Waals surface area (Å²) in [5.41, 5.74) is 1.88. The predicted octanol–water partition coefficient (Wildman–Crippen LogP) is 4.42. The van der Waals surface area contributed by atoms with Crippen LogP contribution in [0.15, 0.2) is 34.8 Å². The zero-order valence-electron chi connectivity index (χ0n) is 9.16. The summed E-state index contributed by atoms with van der Waals surface area (Å²) in [7, 11) is 0. The van der Waals surface area contributed by atoms with Crippen LogP contribution in [0, 0.1) is 0 Å². The molecule has 1 rings (SSSR count). The lowest BCUT2D eigenvalue weighted by atomic mass is 10.3. The number of rotatable bonds is 4. The number of hydrogen-bond acceptors (Lipinski definition) is 3. The maximum Gasteiger partial charge on any atom is 0.140 e. The molecule has 0 atom stereocenters. The maximum absolute atomic E-state index is 5.98. The summed E-state index contributed by atoms with van der Waals surface area (Å²) in [5, 5.41) is 2.86. The highest BCUT2D eigenvalue weighted by molar-refractivity contribution is 7.78. The molecule has 0 unspecified atom stereocenters. The Labute approximate surface area is 106 Å². The first-order valence-corrected chi connectivity index (χ1v) is 5.55. The number of halogens is 1. The van der Waals surface area contributed by atoms with E-state index in [2.05, 4.69) is 22.4 Å². The molecule has 0 radical (unpaired) electrons. The van der Waals surface area contributed by atoms with Gasteiger partial charge in [-0.3, -0.25) is 0 Å². The molecule has 0 heterocycles. The topological polar surface area (TPSA) is 21.6 Å². The van der Waals surface area contributed by atoms with E-state index in [9.17, 15) is 0 Å². The largest absolute Gasteiger partial charge is 0.488 e. The summed E-state index contributed by atoms with van der Waals surface area (Å²) >= 11 is 10.5. The van der Waals surface area contributed by atoms with Crippen molar-refractivity contribution >= 4 is 34.7 Å². The Morgan fingerprint density at radius 1 is 1.56 bits per heavy atom. The van der Waals surface area contributed by atoms with Gasteiger partial charge in [-0.05, 0) is 44.3 Å². The first-order valence-electron chi connectivity index (χ1n) is 4.77. The van der Waals surface area contributed by atoms with Crippen molar-refractivity contribution in [3.05, 3.63) is 34.9 Å². The summed E-state index contributed by atoms with van der Waals surface area (Å²) in [4.78, 5) is 3.86. The molecular weight excluding hydrogens is 242 g/mol. The molecule has 4 heteroatoms. The van der Waals surface area contributed by atoms with Gasteiger partial charge in [0.1, 0.15) is 12.4 Å². The Kier molecular flexibility index (Phi) is 5.20. The normalized spacial score (nSPS) is 9.19. The fraction of sp³-hybridized carbons (Fsp3) is 0.250. The van der Waals surface area contributed by atoms with Crippen LogP contribution in [0.4, 0.5) is 5.69 Å². The molecular formula is C12H12ClNOS. The van der Waals surface area contributed by atoms with E-state index in [4.69, 9.17) is 16.3 Å². The molecule has 0 fully saturated rings. The van der Waals surface area contributed by atoms with Gasteiger partial charge >= 0.3 is 0 Å². The van der Waals surface area contributed by atoms with Gasteiger partial charge in [0.25, 0.3) is 0 Å². The van der Waals surface area contributed by atoms with Crippen LogP contribution in [-0.2, 0) is 0 Å². The van der Waals surface area contributed by atoms with Gasteiger partial charge in [-0.1, -0.05) is 17.2 Å². The zero-order chi connectivity index (χ0) is 12.0. The van der Waals surface area contributed by atoms with Crippen LogP contribution >= 0.6 is 23.8 Å². The molecule has 0 bridgehead atoms. The average Bonchev–Trinajstić information content (AvgIpc) is 2.22.